The van der Waals surface area contributed by atoms with Crippen LogP contribution in [0.3, 0.4) is 0 Å². The zero-order chi connectivity index (χ0) is 17.4. The number of anilines is 1. The maximum Gasteiger partial charge on any atom is 0.129 e. The van der Waals surface area contributed by atoms with E-state index in [-0.39, 0.29) is 5.82 Å². The van der Waals surface area contributed by atoms with E-state index in [1.807, 2.05) is 29.1 Å². The van der Waals surface area contributed by atoms with Crippen LogP contribution in [-0.4, -0.2) is 19.9 Å². The molecule has 6 heteroatoms. The summed E-state index contributed by atoms with van der Waals surface area (Å²) in [5, 5.41) is 14.2. The first-order valence-electron chi connectivity index (χ1n) is 8.28. The van der Waals surface area contributed by atoms with Crippen LogP contribution in [0.25, 0.3) is 0 Å². The van der Waals surface area contributed by atoms with Crippen molar-refractivity contribution in [3.63, 3.8) is 0 Å². The fourth-order valence-electron chi connectivity index (χ4n) is 3.12. The Bertz CT molecular complexity index is 889. The molecule has 0 bridgehead atoms. The van der Waals surface area contributed by atoms with E-state index in [4.69, 9.17) is 0 Å². The van der Waals surface area contributed by atoms with Gasteiger partial charge in [0.25, 0.3) is 0 Å². The lowest BCUT2D eigenvalue weighted by Gasteiger charge is -2.18. The smallest absolute Gasteiger partial charge is 0.129 e. The van der Waals surface area contributed by atoms with E-state index in [0.29, 0.717) is 18.8 Å². The first-order chi connectivity index (χ1) is 12.1. The number of fused-ring (bicyclic) bond motifs is 1. The number of rotatable bonds is 4. The number of hydrogen-bond donors (Lipinski definition) is 1. The van der Waals surface area contributed by atoms with Crippen LogP contribution in [0, 0.1) is 5.82 Å². The Labute approximate surface area is 145 Å². The van der Waals surface area contributed by atoms with Crippen molar-refractivity contribution in [3.8, 4) is 0 Å². The molecule has 0 radical (unpaired) electrons. The Morgan fingerprint density at radius 1 is 1.16 bits per heavy atom. The Morgan fingerprint density at radius 3 is 2.72 bits per heavy atom. The Morgan fingerprint density at radius 2 is 1.96 bits per heavy atom. The van der Waals surface area contributed by atoms with E-state index in [1.54, 1.807) is 19.1 Å². The molecule has 1 atom stereocenters. The van der Waals surface area contributed by atoms with Gasteiger partial charge in [-0.3, -0.25) is 4.68 Å². The molecule has 0 spiro atoms. The number of halogens is 1. The van der Waals surface area contributed by atoms with Gasteiger partial charge in [-0.05, 0) is 36.8 Å². The molecule has 1 unspecified atom stereocenters. The van der Waals surface area contributed by atoms with Crippen molar-refractivity contribution in [2.75, 3.05) is 4.90 Å². The van der Waals surface area contributed by atoms with Crippen LogP contribution < -0.4 is 4.90 Å². The molecule has 0 saturated heterocycles. The van der Waals surface area contributed by atoms with Crippen LogP contribution in [0.4, 0.5) is 10.2 Å². The maximum atomic E-state index is 13.1. The van der Waals surface area contributed by atoms with Gasteiger partial charge < -0.3 is 10.0 Å². The fraction of sp³-hybridized carbons (Fsp3) is 0.263. The molecule has 5 nitrogen and oxygen atoms in total. The number of benzene rings is 1. The van der Waals surface area contributed by atoms with Crippen LogP contribution in [0.15, 0.2) is 48.7 Å². The number of nitrogens with zero attached hydrogens (tertiary/aromatic N) is 4. The third-order valence-electron chi connectivity index (χ3n) is 4.49. The van der Waals surface area contributed by atoms with Gasteiger partial charge in [0.05, 0.1) is 36.8 Å². The monoisotopic (exact) mass is 338 g/mol. The summed E-state index contributed by atoms with van der Waals surface area (Å²) >= 11 is 0. The summed E-state index contributed by atoms with van der Waals surface area (Å²) in [6, 6.07) is 12.2. The molecule has 1 aliphatic heterocycles. The molecule has 128 valence electrons. The van der Waals surface area contributed by atoms with Gasteiger partial charge in [0.1, 0.15) is 11.6 Å². The van der Waals surface area contributed by atoms with Gasteiger partial charge in [0.2, 0.25) is 0 Å². The second-order valence-corrected chi connectivity index (χ2v) is 6.35. The first-order valence-corrected chi connectivity index (χ1v) is 8.28. The van der Waals surface area contributed by atoms with Crippen molar-refractivity contribution < 1.29 is 9.50 Å². The fourth-order valence-corrected chi connectivity index (χ4v) is 3.12. The molecule has 0 aliphatic carbocycles. The van der Waals surface area contributed by atoms with Crippen LogP contribution in [0.1, 0.15) is 35.5 Å². The maximum absolute atomic E-state index is 13.1. The van der Waals surface area contributed by atoms with Gasteiger partial charge in [-0.25, -0.2) is 9.37 Å². The van der Waals surface area contributed by atoms with Gasteiger partial charge in [0, 0.05) is 12.1 Å². The molecule has 1 N–H and O–H groups in total. The molecule has 2 aromatic heterocycles. The van der Waals surface area contributed by atoms with Gasteiger partial charge >= 0.3 is 0 Å². The highest BCUT2D eigenvalue weighted by Gasteiger charge is 2.25. The highest BCUT2D eigenvalue weighted by Crippen LogP contribution is 2.28. The summed E-state index contributed by atoms with van der Waals surface area (Å²) in [6.45, 7) is 3.79. The third kappa shape index (κ3) is 3.13. The number of aliphatic hydroxyl groups is 1. The second-order valence-electron chi connectivity index (χ2n) is 6.35. The average molecular weight is 338 g/mol. The summed E-state index contributed by atoms with van der Waals surface area (Å²) in [5.74, 6) is 0.618. The van der Waals surface area contributed by atoms with Crippen LogP contribution in [-0.2, 0) is 19.6 Å². The average Bonchev–Trinajstić information content (AvgIpc) is 3.19. The zero-order valence-corrected chi connectivity index (χ0v) is 13.9. The minimum Gasteiger partial charge on any atom is -0.387 e. The Hall–Kier alpha value is -2.73. The zero-order valence-electron chi connectivity index (χ0n) is 13.9. The molecule has 0 fully saturated rings. The minimum absolute atomic E-state index is 0.232. The van der Waals surface area contributed by atoms with Crippen molar-refractivity contribution in [1.29, 1.82) is 0 Å². The molecule has 3 aromatic rings. The second kappa shape index (κ2) is 6.29. The van der Waals surface area contributed by atoms with E-state index in [1.165, 1.54) is 17.7 Å². The predicted octanol–water partition coefficient (Wildman–Crippen LogP) is 3.04. The minimum atomic E-state index is -0.584. The highest BCUT2D eigenvalue weighted by atomic mass is 19.1. The quantitative estimate of drug-likeness (QED) is 0.794. The van der Waals surface area contributed by atoms with Crippen molar-refractivity contribution in [1.82, 2.24) is 14.8 Å². The topological polar surface area (TPSA) is 54.2 Å². The predicted molar refractivity (Wildman–Crippen MR) is 92.5 cm³/mol. The summed E-state index contributed by atoms with van der Waals surface area (Å²) in [5.41, 5.74) is 4.00. The molecule has 0 amide bonds. The molecular formula is C19H19FN4O. The normalized spacial score (nSPS) is 14.6. The van der Waals surface area contributed by atoms with E-state index in [2.05, 4.69) is 15.0 Å². The molecule has 3 heterocycles. The Kier molecular flexibility index (Phi) is 3.97. The summed E-state index contributed by atoms with van der Waals surface area (Å²) in [4.78, 5) is 6.71. The highest BCUT2D eigenvalue weighted by molar-refractivity contribution is 5.45. The number of aliphatic hydroxyl groups excluding tert-OH is 1. The van der Waals surface area contributed by atoms with E-state index in [0.717, 1.165) is 23.6 Å². The molecule has 4 rings (SSSR count). The van der Waals surface area contributed by atoms with Crippen molar-refractivity contribution in [3.05, 3.63) is 77.0 Å². The molecule has 0 saturated carbocycles. The largest absolute Gasteiger partial charge is 0.387 e. The molecule has 1 aliphatic rings. The van der Waals surface area contributed by atoms with E-state index in [9.17, 15) is 9.50 Å². The molecule has 1 aromatic carbocycles. The van der Waals surface area contributed by atoms with Crippen molar-refractivity contribution in [2.24, 2.45) is 0 Å². The first kappa shape index (κ1) is 15.8. The number of hydrogen-bond acceptors (Lipinski definition) is 4. The lowest BCUT2D eigenvalue weighted by molar-refractivity contribution is 0.194. The lowest BCUT2D eigenvalue weighted by atomic mass is 10.2. The Balaban J connectivity index is 1.54. The third-order valence-corrected chi connectivity index (χ3v) is 4.49. The van der Waals surface area contributed by atoms with Gasteiger partial charge in [0.15, 0.2) is 0 Å². The van der Waals surface area contributed by atoms with Crippen molar-refractivity contribution >= 4 is 5.82 Å². The van der Waals surface area contributed by atoms with Gasteiger partial charge in [-0.15, -0.1) is 0 Å². The molecular weight excluding hydrogens is 319 g/mol. The van der Waals surface area contributed by atoms with Crippen LogP contribution in [0.5, 0.6) is 0 Å². The number of aromatic nitrogens is 3. The van der Waals surface area contributed by atoms with Crippen LogP contribution >= 0.6 is 0 Å². The van der Waals surface area contributed by atoms with Crippen LogP contribution in [0.2, 0.25) is 0 Å². The van der Waals surface area contributed by atoms with Gasteiger partial charge in [-0.2, -0.15) is 5.10 Å². The standard InChI is InChI=1S/C19H19FN4O/c1-13(25)17-3-2-4-19(22-17)23-11-15-9-21-24(18(15)12-23)10-14-5-7-16(20)8-6-14/h2-9,13,25H,10-12H2,1H3. The number of pyridine rings is 1. The summed E-state index contributed by atoms with van der Waals surface area (Å²) in [7, 11) is 0. The van der Waals surface area contributed by atoms with Crippen molar-refractivity contribution in [2.45, 2.75) is 32.7 Å². The SMILES string of the molecule is CC(O)c1cccc(N2Cc3cnn(Cc4ccc(F)cc4)c3C2)n1. The van der Waals surface area contributed by atoms with E-state index < -0.39 is 6.10 Å². The van der Waals surface area contributed by atoms with Gasteiger partial charge in [-0.1, -0.05) is 18.2 Å². The lowest BCUT2D eigenvalue weighted by Crippen LogP contribution is -2.19. The molecule has 25 heavy (non-hydrogen) atoms. The summed E-state index contributed by atoms with van der Waals surface area (Å²) < 4.78 is 15.0. The van der Waals surface area contributed by atoms with E-state index >= 15 is 0 Å². The summed E-state index contributed by atoms with van der Waals surface area (Å²) in [6.07, 6.45) is 1.30.